The van der Waals surface area contributed by atoms with Crippen LogP contribution in [0.1, 0.15) is 46.5 Å². The van der Waals surface area contributed by atoms with Gasteiger partial charge >= 0.3 is 0 Å². The van der Waals surface area contributed by atoms with Gasteiger partial charge in [0.2, 0.25) is 0 Å². The van der Waals surface area contributed by atoms with E-state index in [2.05, 4.69) is 45.4 Å². The largest absolute Gasteiger partial charge is 0.489 e. The fourth-order valence-corrected chi connectivity index (χ4v) is 4.62. The van der Waals surface area contributed by atoms with Crippen LogP contribution >= 0.6 is 43.5 Å². The van der Waals surface area contributed by atoms with Crippen molar-refractivity contribution in [2.45, 2.75) is 72.2 Å². The lowest BCUT2D eigenvalue weighted by atomic mass is 9.69. The fourth-order valence-electron chi connectivity index (χ4n) is 3.16. The Morgan fingerprint density at radius 2 is 1.90 bits per heavy atom. The monoisotopic (exact) mass is 428 g/mol. The van der Waals surface area contributed by atoms with Crippen LogP contribution in [0.5, 0.6) is 0 Å². The summed E-state index contributed by atoms with van der Waals surface area (Å²) in [5, 5.41) is 11.1. The lowest BCUT2D eigenvalue weighted by Crippen LogP contribution is -2.56. The van der Waals surface area contributed by atoms with E-state index in [-0.39, 0.29) is 26.0 Å². The molecule has 0 bridgehead atoms. The molecule has 1 aliphatic heterocycles. The maximum absolute atomic E-state index is 11.1. The number of rotatable bonds is 1. The van der Waals surface area contributed by atoms with Gasteiger partial charge in [0.1, 0.15) is 17.0 Å². The molecular formula is C15H23Br2ClO2. The van der Waals surface area contributed by atoms with E-state index in [9.17, 15) is 5.11 Å². The molecular weight excluding hydrogens is 407 g/mol. The average molecular weight is 431 g/mol. The van der Waals surface area contributed by atoms with Crippen molar-refractivity contribution in [3.05, 3.63) is 12.3 Å². The molecule has 1 heterocycles. The Bertz CT molecular complexity index is 411. The summed E-state index contributed by atoms with van der Waals surface area (Å²) in [7, 11) is 0. The minimum absolute atomic E-state index is 0.101. The second-order valence-corrected chi connectivity index (χ2v) is 10.0. The number of halogens is 3. The molecule has 1 saturated carbocycles. The van der Waals surface area contributed by atoms with E-state index in [1.165, 1.54) is 0 Å². The summed E-state index contributed by atoms with van der Waals surface area (Å²) in [6.45, 7) is 10.1. The van der Waals surface area contributed by atoms with Gasteiger partial charge in [0.25, 0.3) is 0 Å². The molecule has 5 heteroatoms. The van der Waals surface area contributed by atoms with E-state index < -0.39 is 5.60 Å². The smallest absolute Gasteiger partial charge is 0.125 e. The molecule has 1 N–H and O–H groups in total. The molecule has 2 nitrogen and oxygen atoms in total. The first-order valence-electron chi connectivity index (χ1n) is 7.07. The van der Waals surface area contributed by atoms with Gasteiger partial charge in [-0.25, -0.2) is 0 Å². The third-order valence-corrected chi connectivity index (χ3v) is 8.44. The van der Waals surface area contributed by atoms with Gasteiger partial charge in [0.05, 0.1) is 9.70 Å². The molecule has 0 spiro atoms. The second-order valence-electron chi connectivity index (χ2n) is 6.94. The van der Waals surface area contributed by atoms with Crippen LogP contribution < -0.4 is 0 Å². The van der Waals surface area contributed by atoms with Crippen LogP contribution in [0, 0.1) is 5.92 Å². The lowest BCUT2D eigenvalue weighted by molar-refractivity contribution is -0.126. The number of hydrogen-bond donors (Lipinski definition) is 1. The van der Waals surface area contributed by atoms with Crippen molar-refractivity contribution in [2.75, 3.05) is 0 Å². The standard InChI is InChI=1S/C15H23Br2ClO2/c1-9-15(19,8-12(17)13(2,3)20-9)10-5-6-14(4,18)11(16)7-10/h10-12,19H,1,5-8H2,2-4H3/t10-,11-,12+,14-,15+/m0/s1. The average Bonchev–Trinajstić information content (AvgIpc) is 2.30. The van der Waals surface area contributed by atoms with Crippen LogP contribution in [-0.4, -0.2) is 30.8 Å². The van der Waals surface area contributed by atoms with E-state index >= 15 is 0 Å². The molecule has 5 atom stereocenters. The van der Waals surface area contributed by atoms with Crippen LogP contribution in [0.4, 0.5) is 0 Å². The molecule has 0 amide bonds. The van der Waals surface area contributed by atoms with E-state index in [1.54, 1.807) is 0 Å². The number of hydrogen-bond acceptors (Lipinski definition) is 2. The Kier molecular flexibility index (Phi) is 4.65. The Balaban J connectivity index is 2.18. The predicted molar refractivity (Wildman–Crippen MR) is 90.9 cm³/mol. The minimum atomic E-state index is -0.969. The molecule has 0 radical (unpaired) electrons. The quantitative estimate of drug-likeness (QED) is 0.608. The molecule has 2 aliphatic rings. The molecule has 0 aromatic heterocycles. The zero-order valence-electron chi connectivity index (χ0n) is 12.3. The van der Waals surface area contributed by atoms with Gasteiger partial charge in [-0.05, 0) is 52.4 Å². The van der Waals surface area contributed by atoms with Crippen LogP contribution in [0.3, 0.4) is 0 Å². The molecule has 1 saturated heterocycles. The Labute approximate surface area is 143 Å². The summed E-state index contributed by atoms with van der Waals surface area (Å²) in [5.74, 6) is 0.628. The number of aliphatic hydroxyl groups is 1. The highest BCUT2D eigenvalue weighted by molar-refractivity contribution is 9.09. The van der Waals surface area contributed by atoms with Crippen molar-refractivity contribution in [1.82, 2.24) is 0 Å². The fraction of sp³-hybridized carbons (Fsp3) is 0.867. The Hall–Kier alpha value is 0.750. The minimum Gasteiger partial charge on any atom is -0.489 e. The lowest BCUT2D eigenvalue weighted by Gasteiger charge is -2.51. The van der Waals surface area contributed by atoms with Crippen LogP contribution in [-0.2, 0) is 4.74 Å². The van der Waals surface area contributed by atoms with Gasteiger partial charge in [-0.3, -0.25) is 0 Å². The molecule has 1 aliphatic carbocycles. The third kappa shape index (κ3) is 2.95. The first kappa shape index (κ1) is 17.1. The van der Waals surface area contributed by atoms with Crippen molar-refractivity contribution in [2.24, 2.45) is 5.92 Å². The highest BCUT2D eigenvalue weighted by atomic mass is 79.9. The maximum atomic E-state index is 11.1. The summed E-state index contributed by atoms with van der Waals surface area (Å²) >= 11 is 13.8. The van der Waals surface area contributed by atoms with E-state index in [1.807, 2.05) is 13.8 Å². The topological polar surface area (TPSA) is 29.5 Å². The van der Waals surface area contributed by atoms with Crippen LogP contribution in [0.2, 0.25) is 0 Å². The van der Waals surface area contributed by atoms with E-state index in [4.69, 9.17) is 16.3 Å². The Morgan fingerprint density at radius 1 is 1.30 bits per heavy atom. The molecule has 0 aromatic carbocycles. The van der Waals surface area contributed by atoms with Crippen molar-refractivity contribution >= 4 is 43.5 Å². The summed E-state index contributed by atoms with van der Waals surface area (Å²) in [6.07, 6.45) is 3.23. The first-order valence-corrected chi connectivity index (χ1v) is 9.28. The summed E-state index contributed by atoms with van der Waals surface area (Å²) < 4.78 is 5.90. The Morgan fingerprint density at radius 3 is 2.45 bits per heavy atom. The predicted octanol–water partition coefficient (Wildman–Crippen LogP) is 4.75. The van der Waals surface area contributed by atoms with Crippen molar-refractivity contribution < 1.29 is 9.84 Å². The zero-order chi connectivity index (χ0) is 15.3. The van der Waals surface area contributed by atoms with Gasteiger partial charge in [0, 0.05) is 4.83 Å². The molecule has 116 valence electrons. The third-order valence-electron chi connectivity index (χ3n) is 4.92. The van der Waals surface area contributed by atoms with Gasteiger partial charge in [-0.2, -0.15) is 0 Å². The molecule has 0 aromatic rings. The van der Waals surface area contributed by atoms with Crippen molar-refractivity contribution in [1.29, 1.82) is 0 Å². The molecule has 2 fully saturated rings. The summed E-state index contributed by atoms with van der Waals surface area (Å²) in [6, 6.07) is 0. The van der Waals surface area contributed by atoms with Crippen molar-refractivity contribution in [3.8, 4) is 0 Å². The second kappa shape index (κ2) is 5.43. The highest BCUT2D eigenvalue weighted by Gasteiger charge is 2.53. The van der Waals surface area contributed by atoms with E-state index in [0.717, 1.165) is 19.3 Å². The SMILES string of the molecule is C=C1OC(C)(C)[C@H](Br)C[C@]1(O)[C@H]1CC[C@](C)(Cl)[C@@H](Br)C1. The normalized spacial score (nSPS) is 48.8. The van der Waals surface area contributed by atoms with E-state index in [0.29, 0.717) is 12.2 Å². The first-order chi connectivity index (χ1) is 8.99. The van der Waals surface area contributed by atoms with Gasteiger partial charge in [-0.1, -0.05) is 38.4 Å². The van der Waals surface area contributed by atoms with Crippen molar-refractivity contribution in [3.63, 3.8) is 0 Å². The summed E-state index contributed by atoms with van der Waals surface area (Å²) in [4.78, 5) is 0.0519. The van der Waals surface area contributed by atoms with Gasteiger partial charge in [-0.15, -0.1) is 11.6 Å². The molecule has 20 heavy (non-hydrogen) atoms. The maximum Gasteiger partial charge on any atom is 0.125 e. The molecule has 2 rings (SSSR count). The van der Waals surface area contributed by atoms with Crippen LogP contribution in [0.25, 0.3) is 0 Å². The van der Waals surface area contributed by atoms with Gasteiger partial charge in [0.15, 0.2) is 0 Å². The zero-order valence-corrected chi connectivity index (χ0v) is 16.2. The van der Waals surface area contributed by atoms with Gasteiger partial charge < -0.3 is 9.84 Å². The highest BCUT2D eigenvalue weighted by Crippen LogP contribution is 2.51. The number of alkyl halides is 3. The summed E-state index contributed by atoms with van der Waals surface area (Å²) in [5.41, 5.74) is -1.31. The van der Waals surface area contributed by atoms with Crippen LogP contribution in [0.15, 0.2) is 12.3 Å². The molecule has 0 unspecified atom stereocenters. The number of ether oxygens (including phenoxy) is 1.